The summed E-state index contributed by atoms with van der Waals surface area (Å²) < 4.78 is 7.81. The van der Waals surface area contributed by atoms with Gasteiger partial charge < -0.3 is 15.0 Å². The average Bonchev–Trinajstić information content (AvgIpc) is 3.53. The fraction of sp³-hybridized carbons (Fsp3) is 0.846. The highest BCUT2D eigenvalue weighted by Crippen LogP contribution is 2.35. The second-order valence-corrected chi connectivity index (χ2v) is 10.7. The molecule has 1 atom stereocenters. The molecular formula is C26H43N5O2. The average molecular weight is 458 g/mol. The molecule has 3 heterocycles. The number of hydrogen-bond acceptors (Lipinski definition) is 5. The van der Waals surface area contributed by atoms with Gasteiger partial charge in [-0.2, -0.15) is 5.10 Å². The molecule has 0 bridgehead atoms. The van der Waals surface area contributed by atoms with Gasteiger partial charge in [0.25, 0.3) is 5.91 Å². The molecule has 0 radical (unpaired) electrons. The molecule has 1 aromatic rings. The Hall–Kier alpha value is -1.44. The number of rotatable bonds is 7. The van der Waals surface area contributed by atoms with Crippen molar-refractivity contribution in [1.29, 1.82) is 0 Å². The zero-order valence-electron chi connectivity index (χ0n) is 20.6. The lowest BCUT2D eigenvalue weighted by Crippen LogP contribution is -2.60. The van der Waals surface area contributed by atoms with E-state index < -0.39 is 0 Å². The number of carbonyl (C=O) groups is 1. The van der Waals surface area contributed by atoms with Crippen molar-refractivity contribution in [3.8, 4) is 0 Å². The van der Waals surface area contributed by atoms with Crippen molar-refractivity contribution in [2.45, 2.75) is 95.7 Å². The van der Waals surface area contributed by atoms with Crippen molar-refractivity contribution >= 4 is 5.91 Å². The number of nitrogens with one attached hydrogen (secondary N) is 1. The number of hydrogen-bond donors (Lipinski definition) is 1. The Labute approximate surface area is 199 Å². The van der Waals surface area contributed by atoms with E-state index in [0.29, 0.717) is 6.04 Å². The van der Waals surface area contributed by atoms with Crippen molar-refractivity contribution in [2.75, 3.05) is 45.9 Å². The topological polar surface area (TPSA) is 62.6 Å². The molecule has 2 aliphatic carbocycles. The maximum atomic E-state index is 13.3. The van der Waals surface area contributed by atoms with E-state index in [1.54, 1.807) is 0 Å². The molecule has 1 saturated carbocycles. The number of carbonyl (C=O) groups excluding carboxylic acids is 1. The maximum absolute atomic E-state index is 13.3. The van der Waals surface area contributed by atoms with Crippen LogP contribution in [0.15, 0.2) is 0 Å². The van der Waals surface area contributed by atoms with Crippen LogP contribution in [-0.4, -0.2) is 83.0 Å². The van der Waals surface area contributed by atoms with E-state index in [1.165, 1.54) is 43.4 Å². The van der Waals surface area contributed by atoms with Gasteiger partial charge in [0.1, 0.15) is 0 Å². The third-order valence-corrected chi connectivity index (χ3v) is 8.56. The van der Waals surface area contributed by atoms with Crippen LogP contribution in [0, 0.1) is 0 Å². The van der Waals surface area contributed by atoms with Gasteiger partial charge in [-0.05, 0) is 51.4 Å². The molecule has 3 fully saturated rings. The van der Waals surface area contributed by atoms with E-state index in [1.807, 2.05) is 4.90 Å². The molecule has 1 amide bonds. The summed E-state index contributed by atoms with van der Waals surface area (Å²) in [6.07, 6.45) is 13.0. The Morgan fingerprint density at radius 1 is 1.09 bits per heavy atom. The van der Waals surface area contributed by atoms with E-state index in [4.69, 9.17) is 9.84 Å². The molecule has 7 nitrogen and oxygen atoms in total. The Balaban J connectivity index is 1.31. The number of ether oxygens (including phenoxy) is 1. The maximum Gasteiger partial charge on any atom is 0.274 e. The van der Waals surface area contributed by atoms with Crippen molar-refractivity contribution < 1.29 is 9.53 Å². The minimum Gasteiger partial charge on any atom is -0.379 e. The van der Waals surface area contributed by atoms with Gasteiger partial charge in [-0.3, -0.25) is 14.4 Å². The third-order valence-electron chi connectivity index (χ3n) is 8.56. The van der Waals surface area contributed by atoms with Gasteiger partial charge in [0.05, 0.1) is 13.2 Å². The molecule has 33 heavy (non-hydrogen) atoms. The number of likely N-dealkylation sites (tertiary alicyclic amines) is 1. The molecule has 2 aliphatic heterocycles. The van der Waals surface area contributed by atoms with E-state index >= 15 is 0 Å². The molecule has 1 aromatic heterocycles. The van der Waals surface area contributed by atoms with Crippen LogP contribution in [0.3, 0.4) is 0 Å². The zero-order valence-corrected chi connectivity index (χ0v) is 20.6. The van der Waals surface area contributed by atoms with Gasteiger partial charge in [-0.15, -0.1) is 0 Å². The minimum atomic E-state index is 0.163. The van der Waals surface area contributed by atoms with Crippen LogP contribution in [0.4, 0.5) is 0 Å². The molecule has 0 aromatic carbocycles. The first-order valence-corrected chi connectivity index (χ1v) is 13.6. The van der Waals surface area contributed by atoms with Crippen LogP contribution >= 0.6 is 0 Å². The van der Waals surface area contributed by atoms with Crippen LogP contribution in [0.1, 0.15) is 86.5 Å². The lowest BCUT2D eigenvalue weighted by atomic mass is 9.79. The first-order chi connectivity index (χ1) is 16.2. The SMILES string of the molecule is CCCn1nc(C(=O)N2CCCC2)c2c1CCC(NCC1(N3CCOCC3)CCCCC1)C2. The second-order valence-electron chi connectivity index (χ2n) is 10.7. The van der Waals surface area contributed by atoms with Crippen molar-refractivity contribution in [2.24, 2.45) is 0 Å². The Morgan fingerprint density at radius 2 is 1.85 bits per heavy atom. The highest BCUT2D eigenvalue weighted by Gasteiger charge is 2.39. The number of nitrogens with zero attached hydrogens (tertiary/aromatic N) is 4. The van der Waals surface area contributed by atoms with Crippen LogP contribution in [0.2, 0.25) is 0 Å². The number of amides is 1. The van der Waals surface area contributed by atoms with E-state index in [-0.39, 0.29) is 11.4 Å². The third kappa shape index (κ3) is 4.87. The molecular weight excluding hydrogens is 414 g/mol. The van der Waals surface area contributed by atoms with Crippen LogP contribution < -0.4 is 5.32 Å². The molecule has 0 spiro atoms. The number of fused-ring (bicyclic) bond motifs is 1. The summed E-state index contributed by atoms with van der Waals surface area (Å²) in [5.74, 6) is 0.163. The first-order valence-electron chi connectivity index (χ1n) is 13.6. The Kier molecular flexibility index (Phi) is 7.38. The van der Waals surface area contributed by atoms with Crippen LogP contribution in [0.25, 0.3) is 0 Å². The van der Waals surface area contributed by atoms with Crippen LogP contribution in [0.5, 0.6) is 0 Å². The number of aromatic nitrogens is 2. The summed E-state index contributed by atoms with van der Waals surface area (Å²) in [6.45, 7) is 9.80. The summed E-state index contributed by atoms with van der Waals surface area (Å²) in [6, 6.07) is 0.432. The van der Waals surface area contributed by atoms with E-state index in [0.717, 1.165) is 96.7 Å². The van der Waals surface area contributed by atoms with Gasteiger partial charge in [-0.25, -0.2) is 0 Å². The number of morpholine rings is 1. The quantitative estimate of drug-likeness (QED) is 0.682. The predicted octanol–water partition coefficient (Wildman–Crippen LogP) is 3.01. The largest absolute Gasteiger partial charge is 0.379 e. The van der Waals surface area contributed by atoms with Crippen molar-refractivity contribution in [3.63, 3.8) is 0 Å². The standard InChI is InChI=1S/C26H43N5O2/c1-2-12-31-23-9-8-21(19-22(23)24(28-31)25(32)29-13-6-7-14-29)27-20-26(10-4-3-5-11-26)30-15-17-33-18-16-30/h21,27H,2-20H2,1H3. The normalized spacial score (nSPS) is 25.8. The summed E-state index contributed by atoms with van der Waals surface area (Å²) in [5.41, 5.74) is 3.57. The fourth-order valence-electron chi connectivity index (χ4n) is 6.69. The van der Waals surface area contributed by atoms with Gasteiger partial charge >= 0.3 is 0 Å². The summed E-state index contributed by atoms with van der Waals surface area (Å²) >= 11 is 0. The summed E-state index contributed by atoms with van der Waals surface area (Å²) in [7, 11) is 0. The molecule has 2 saturated heterocycles. The lowest BCUT2D eigenvalue weighted by molar-refractivity contribution is -0.0378. The van der Waals surface area contributed by atoms with Gasteiger partial charge in [0.2, 0.25) is 0 Å². The fourth-order valence-corrected chi connectivity index (χ4v) is 6.69. The number of aryl methyl sites for hydroxylation is 1. The van der Waals surface area contributed by atoms with Gasteiger partial charge in [0.15, 0.2) is 5.69 Å². The first kappa shape index (κ1) is 23.3. The molecule has 7 heteroatoms. The molecule has 184 valence electrons. The summed E-state index contributed by atoms with van der Waals surface area (Å²) in [5, 5.41) is 8.88. The highest BCUT2D eigenvalue weighted by molar-refractivity contribution is 5.94. The summed E-state index contributed by atoms with van der Waals surface area (Å²) in [4.78, 5) is 18.1. The Bertz CT molecular complexity index is 804. The monoisotopic (exact) mass is 457 g/mol. The molecule has 1 N–H and O–H groups in total. The second kappa shape index (κ2) is 10.4. The van der Waals surface area contributed by atoms with Gasteiger partial charge in [0, 0.05) is 62.1 Å². The highest BCUT2D eigenvalue weighted by atomic mass is 16.5. The van der Waals surface area contributed by atoms with Crippen molar-refractivity contribution in [3.05, 3.63) is 17.0 Å². The zero-order chi connectivity index (χ0) is 22.7. The molecule has 1 unspecified atom stereocenters. The van der Waals surface area contributed by atoms with E-state index in [2.05, 4.69) is 21.8 Å². The molecule has 5 rings (SSSR count). The smallest absolute Gasteiger partial charge is 0.274 e. The predicted molar refractivity (Wildman–Crippen MR) is 130 cm³/mol. The van der Waals surface area contributed by atoms with Crippen LogP contribution in [-0.2, 0) is 24.1 Å². The van der Waals surface area contributed by atoms with E-state index in [9.17, 15) is 4.79 Å². The van der Waals surface area contributed by atoms with Crippen molar-refractivity contribution in [1.82, 2.24) is 24.9 Å². The minimum absolute atomic E-state index is 0.163. The van der Waals surface area contributed by atoms with Gasteiger partial charge in [-0.1, -0.05) is 26.2 Å². The molecule has 4 aliphatic rings. The Morgan fingerprint density at radius 3 is 2.58 bits per heavy atom. The lowest BCUT2D eigenvalue weighted by Gasteiger charge is -2.49.